The minimum atomic E-state index is 0.0607. The van der Waals surface area contributed by atoms with Crippen molar-refractivity contribution in [1.29, 1.82) is 0 Å². The van der Waals surface area contributed by atoms with Gasteiger partial charge in [-0.05, 0) is 44.4 Å². The number of hydrogen-bond donors (Lipinski definition) is 2. The molecule has 4 nitrogen and oxygen atoms in total. The van der Waals surface area contributed by atoms with E-state index in [9.17, 15) is 4.79 Å². The van der Waals surface area contributed by atoms with Crippen LogP contribution >= 0.6 is 0 Å². The van der Waals surface area contributed by atoms with Crippen molar-refractivity contribution in [3.63, 3.8) is 0 Å². The summed E-state index contributed by atoms with van der Waals surface area (Å²) in [5.41, 5.74) is 1.17. The monoisotopic (exact) mass is 233 g/mol. The van der Waals surface area contributed by atoms with Gasteiger partial charge >= 0.3 is 0 Å². The maximum atomic E-state index is 12.4. The van der Waals surface area contributed by atoms with Gasteiger partial charge in [0.15, 0.2) is 0 Å². The van der Waals surface area contributed by atoms with E-state index in [1.165, 1.54) is 5.69 Å². The summed E-state index contributed by atoms with van der Waals surface area (Å²) in [6, 6.07) is 4.41. The molecule has 3 heterocycles. The summed E-state index contributed by atoms with van der Waals surface area (Å²) in [5.74, 6) is 0.291. The average Bonchev–Trinajstić information content (AvgIpc) is 3.09. The summed E-state index contributed by atoms with van der Waals surface area (Å²) in [6.45, 7) is 1.89. The average molecular weight is 233 g/mol. The Labute approximate surface area is 101 Å². The summed E-state index contributed by atoms with van der Waals surface area (Å²) in [6.07, 6.45) is 6.25. The third-order valence-electron chi connectivity index (χ3n) is 3.88. The Bertz CT molecular complexity index is 381. The van der Waals surface area contributed by atoms with Crippen molar-refractivity contribution in [3.05, 3.63) is 24.0 Å². The molecular formula is C13H19N3O. The lowest BCUT2D eigenvalue weighted by molar-refractivity contribution is -0.134. The second-order valence-electron chi connectivity index (χ2n) is 4.96. The van der Waals surface area contributed by atoms with E-state index in [1.807, 2.05) is 12.3 Å². The molecule has 0 radical (unpaired) electrons. The number of likely N-dealkylation sites (tertiary alicyclic amines) is 1. The molecule has 0 bridgehead atoms. The van der Waals surface area contributed by atoms with E-state index < -0.39 is 0 Å². The van der Waals surface area contributed by atoms with Crippen LogP contribution in [0.25, 0.3) is 0 Å². The van der Waals surface area contributed by atoms with E-state index in [2.05, 4.69) is 21.3 Å². The molecule has 17 heavy (non-hydrogen) atoms. The minimum Gasteiger partial charge on any atom is -0.363 e. The number of carbonyl (C=O) groups excluding carboxylic acids is 1. The number of aromatic nitrogens is 1. The highest BCUT2D eigenvalue weighted by molar-refractivity contribution is 5.82. The van der Waals surface area contributed by atoms with E-state index in [0.29, 0.717) is 5.91 Å². The van der Waals surface area contributed by atoms with Crippen LogP contribution in [0.3, 0.4) is 0 Å². The number of amides is 1. The van der Waals surface area contributed by atoms with Gasteiger partial charge in [0.25, 0.3) is 0 Å². The standard InChI is InChI=1S/C13H19N3O/c17-13(11-5-2-8-15-11)16-9-3-6-12(16)10-4-1-7-14-10/h1,4,7,11-12,14-15H,2-3,5-6,8-9H2. The molecule has 2 N–H and O–H groups in total. The Morgan fingerprint density at radius 1 is 1.35 bits per heavy atom. The van der Waals surface area contributed by atoms with Gasteiger partial charge in [0.05, 0.1) is 12.1 Å². The van der Waals surface area contributed by atoms with Gasteiger partial charge in [-0.1, -0.05) is 0 Å². The van der Waals surface area contributed by atoms with E-state index >= 15 is 0 Å². The van der Waals surface area contributed by atoms with Gasteiger partial charge in [-0.3, -0.25) is 4.79 Å². The molecule has 4 heteroatoms. The molecular weight excluding hydrogens is 214 g/mol. The number of nitrogens with zero attached hydrogens (tertiary/aromatic N) is 1. The van der Waals surface area contributed by atoms with Gasteiger partial charge in [-0.2, -0.15) is 0 Å². The molecule has 2 fully saturated rings. The van der Waals surface area contributed by atoms with E-state index in [-0.39, 0.29) is 12.1 Å². The highest BCUT2D eigenvalue weighted by Crippen LogP contribution is 2.31. The molecule has 1 aromatic heterocycles. The van der Waals surface area contributed by atoms with Crippen molar-refractivity contribution in [2.75, 3.05) is 13.1 Å². The summed E-state index contributed by atoms with van der Waals surface area (Å²) in [4.78, 5) is 17.7. The lowest BCUT2D eigenvalue weighted by Gasteiger charge is -2.26. The van der Waals surface area contributed by atoms with Crippen LogP contribution in [0.2, 0.25) is 0 Å². The first-order chi connectivity index (χ1) is 8.36. The third-order valence-corrected chi connectivity index (χ3v) is 3.88. The fraction of sp³-hybridized carbons (Fsp3) is 0.615. The Balaban J connectivity index is 1.75. The molecule has 0 saturated carbocycles. The maximum Gasteiger partial charge on any atom is 0.240 e. The predicted molar refractivity (Wildman–Crippen MR) is 65.5 cm³/mol. The molecule has 3 rings (SSSR count). The van der Waals surface area contributed by atoms with Gasteiger partial charge in [0, 0.05) is 18.4 Å². The molecule has 92 valence electrons. The van der Waals surface area contributed by atoms with Gasteiger partial charge in [0.1, 0.15) is 0 Å². The lowest BCUT2D eigenvalue weighted by Crippen LogP contribution is -2.43. The van der Waals surface area contributed by atoms with E-state index in [0.717, 1.165) is 38.8 Å². The van der Waals surface area contributed by atoms with Gasteiger partial charge in [-0.15, -0.1) is 0 Å². The molecule has 2 aliphatic rings. The Morgan fingerprint density at radius 2 is 2.29 bits per heavy atom. The lowest BCUT2D eigenvalue weighted by atomic mass is 10.1. The first kappa shape index (κ1) is 10.8. The quantitative estimate of drug-likeness (QED) is 0.812. The van der Waals surface area contributed by atoms with E-state index in [4.69, 9.17) is 0 Å². The number of rotatable bonds is 2. The molecule has 2 aliphatic heterocycles. The van der Waals surface area contributed by atoms with Crippen LogP contribution in [-0.2, 0) is 4.79 Å². The predicted octanol–water partition coefficient (Wildman–Crippen LogP) is 1.43. The SMILES string of the molecule is O=C(C1CCCN1)N1CCCC1c1ccc[nH]1. The van der Waals surface area contributed by atoms with Gasteiger partial charge in [0.2, 0.25) is 5.91 Å². The van der Waals surface area contributed by atoms with Crippen LogP contribution in [0.4, 0.5) is 0 Å². The van der Waals surface area contributed by atoms with Crippen LogP contribution in [0.15, 0.2) is 18.3 Å². The molecule has 2 atom stereocenters. The van der Waals surface area contributed by atoms with E-state index in [1.54, 1.807) is 0 Å². The molecule has 2 saturated heterocycles. The van der Waals surface area contributed by atoms with Crippen molar-refractivity contribution >= 4 is 5.91 Å². The van der Waals surface area contributed by atoms with Crippen molar-refractivity contribution < 1.29 is 4.79 Å². The zero-order valence-electron chi connectivity index (χ0n) is 9.98. The van der Waals surface area contributed by atoms with Crippen molar-refractivity contribution in [1.82, 2.24) is 15.2 Å². The Hall–Kier alpha value is -1.29. The first-order valence-electron chi connectivity index (χ1n) is 6.53. The van der Waals surface area contributed by atoms with Crippen molar-refractivity contribution in [2.24, 2.45) is 0 Å². The topological polar surface area (TPSA) is 48.1 Å². The molecule has 1 amide bonds. The Morgan fingerprint density at radius 3 is 3.00 bits per heavy atom. The number of aromatic amines is 1. The molecule has 1 aromatic rings. The zero-order chi connectivity index (χ0) is 11.7. The fourth-order valence-electron chi connectivity index (χ4n) is 3.00. The first-order valence-corrected chi connectivity index (χ1v) is 6.53. The van der Waals surface area contributed by atoms with Gasteiger partial charge < -0.3 is 15.2 Å². The molecule has 2 unspecified atom stereocenters. The normalized spacial score (nSPS) is 28.8. The van der Waals surface area contributed by atoms with Crippen LogP contribution in [0.5, 0.6) is 0 Å². The zero-order valence-corrected chi connectivity index (χ0v) is 9.98. The minimum absolute atomic E-state index is 0.0607. The third kappa shape index (κ3) is 1.97. The van der Waals surface area contributed by atoms with Crippen LogP contribution in [-0.4, -0.2) is 34.9 Å². The number of nitrogens with one attached hydrogen (secondary N) is 2. The largest absolute Gasteiger partial charge is 0.363 e. The number of carbonyl (C=O) groups is 1. The smallest absolute Gasteiger partial charge is 0.240 e. The van der Waals surface area contributed by atoms with Crippen molar-refractivity contribution in [3.8, 4) is 0 Å². The second kappa shape index (κ2) is 4.53. The van der Waals surface area contributed by atoms with Crippen LogP contribution in [0.1, 0.15) is 37.4 Å². The molecule has 0 aliphatic carbocycles. The van der Waals surface area contributed by atoms with Crippen LogP contribution in [0, 0.1) is 0 Å². The number of H-pyrrole nitrogens is 1. The second-order valence-corrected chi connectivity index (χ2v) is 4.96. The molecule has 0 spiro atoms. The fourth-order valence-corrected chi connectivity index (χ4v) is 3.00. The summed E-state index contributed by atoms with van der Waals surface area (Å²) in [5, 5.41) is 3.30. The summed E-state index contributed by atoms with van der Waals surface area (Å²) < 4.78 is 0. The maximum absolute atomic E-state index is 12.4. The Kier molecular flexibility index (Phi) is 2.89. The highest BCUT2D eigenvalue weighted by atomic mass is 16.2. The van der Waals surface area contributed by atoms with Gasteiger partial charge in [-0.25, -0.2) is 0 Å². The summed E-state index contributed by atoms with van der Waals surface area (Å²) in [7, 11) is 0. The number of hydrogen-bond acceptors (Lipinski definition) is 2. The highest BCUT2D eigenvalue weighted by Gasteiger charge is 2.35. The molecule has 0 aromatic carbocycles. The van der Waals surface area contributed by atoms with Crippen molar-refractivity contribution in [2.45, 2.75) is 37.8 Å². The summed E-state index contributed by atoms with van der Waals surface area (Å²) >= 11 is 0. The van der Waals surface area contributed by atoms with Crippen LogP contribution < -0.4 is 5.32 Å².